The van der Waals surface area contributed by atoms with Crippen LogP contribution in [0.15, 0.2) is 30.3 Å². The van der Waals surface area contributed by atoms with Crippen LogP contribution in [-0.4, -0.2) is 17.0 Å². The first-order valence-corrected chi connectivity index (χ1v) is 4.94. The van der Waals surface area contributed by atoms with Gasteiger partial charge in [-0.05, 0) is 5.92 Å². The second-order valence-corrected chi connectivity index (χ2v) is 3.56. The van der Waals surface area contributed by atoms with Crippen molar-refractivity contribution in [3.63, 3.8) is 0 Å². The topological polar surface area (TPSA) is 37.3 Å². The van der Waals surface area contributed by atoms with E-state index in [1.165, 1.54) is 0 Å². The van der Waals surface area contributed by atoms with E-state index in [9.17, 15) is 9.90 Å². The molecule has 2 nitrogen and oxygen atoms in total. The second kappa shape index (κ2) is 4.91. The summed E-state index contributed by atoms with van der Waals surface area (Å²) in [5, 5.41) is 9.69. The number of aliphatic hydroxyl groups excluding tert-OH is 1. The van der Waals surface area contributed by atoms with Crippen molar-refractivity contribution in [2.75, 3.05) is 0 Å². The van der Waals surface area contributed by atoms with Crippen LogP contribution in [0.4, 0.5) is 0 Å². The molecule has 1 N–H and O–H groups in total. The number of aliphatic hydroxyl groups is 1. The predicted molar refractivity (Wildman–Crippen MR) is 56.2 cm³/mol. The van der Waals surface area contributed by atoms with Crippen molar-refractivity contribution in [1.29, 1.82) is 0 Å². The summed E-state index contributed by atoms with van der Waals surface area (Å²) in [6.45, 7) is 3.84. The molecule has 0 bridgehead atoms. The molecule has 14 heavy (non-hydrogen) atoms. The second-order valence-electron chi connectivity index (χ2n) is 3.56. The lowest BCUT2D eigenvalue weighted by molar-refractivity contribution is 0.0620. The molecule has 76 valence electrons. The van der Waals surface area contributed by atoms with Gasteiger partial charge in [-0.3, -0.25) is 4.79 Å². The fraction of sp³-hybridized carbons (Fsp3) is 0.417. The van der Waals surface area contributed by atoms with E-state index in [0.29, 0.717) is 5.56 Å². The molecule has 0 spiro atoms. The third kappa shape index (κ3) is 2.42. The average molecular weight is 192 g/mol. The fourth-order valence-corrected chi connectivity index (χ4v) is 1.25. The molecule has 1 aromatic carbocycles. The summed E-state index contributed by atoms with van der Waals surface area (Å²) in [7, 11) is 0. The van der Waals surface area contributed by atoms with Gasteiger partial charge in [0, 0.05) is 5.56 Å². The van der Waals surface area contributed by atoms with Crippen LogP contribution in [-0.2, 0) is 0 Å². The number of hydrogen-bond acceptors (Lipinski definition) is 2. The van der Waals surface area contributed by atoms with E-state index in [2.05, 4.69) is 0 Å². The monoisotopic (exact) mass is 192 g/mol. The third-order valence-electron chi connectivity index (χ3n) is 2.51. The highest BCUT2D eigenvalue weighted by Crippen LogP contribution is 2.13. The van der Waals surface area contributed by atoms with Crippen molar-refractivity contribution in [1.82, 2.24) is 0 Å². The Morgan fingerprint density at radius 1 is 1.36 bits per heavy atom. The zero-order valence-electron chi connectivity index (χ0n) is 8.60. The van der Waals surface area contributed by atoms with Crippen LogP contribution in [0.2, 0.25) is 0 Å². The molecule has 0 radical (unpaired) electrons. The van der Waals surface area contributed by atoms with Crippen molar-refractivity contribution < 1.29 is 9.90 Å². The lowest BCUT2D eigenvalue weighted by Crippen LogP contribution is -2.27. The number of carbonyl (C=O) groups excluding carboxylic acids is 1. The number of hydrogen-bond donors (Lipinski definition) is 1. The van der Waals surface area contributed by atoms with Gasteiger partial charge in [-0.1, -0.05) is 50.6 Å². The van der Waals surface area contributed by atoms with Crippen LogP contribution < -0.4 is 0 Å². The van der Waals surface area contributed by atoms with E-state index in [0.717, 1.165) is 6.42 Å². The highest BCUT2D eigenvalue weighted by molar-refractivity contribution is 5.99. The van der Waals surface area contributed by atoms with E-state index < -0.39 is 6.10 Å². The number of Topliss-reactive ketones (excluding diaryl/α,β-unsaturated/α-hetero) is 1. The van der Waals surface area contributed by atoms with E-state index in [1.54, 1.807) is 24.3 Å². The number of rotatable bonds is 4. The van der Waals surface area contributed by atoms with Crippen LogP contribution >= 0.6 is 0 Å². The molecule has 0 fully saturated rings. The van der Waals surface area contributed by atoms with Gasteiger partial charge < -0.3 is 5.11 Å². The van der Waals surface area contributed by atoms with Crippen molar-refractivity contribution >= 4 is 5.78 Å². The minimum absolute atomic E-state index is 0.0164. The van der Waals surface area contributed by atoms with Crippen LogP contribution in [0.5, 0.6) is 0 Å². The lowest BCUT2D eigenvalue weighted by atomic mass is 9.94. The molecule has 0 aliphatic rings. The minimum Gasteiger partial charge on any atom is -0.385 e. The van der Waals surface area contributed by atoms with Gasteiger partial charge in [-0.15, -0.1) is 0 Å². The zero-order valence-corrected chi connectivity index (χ0v) is 8.60. The van der Waals surface area contributed by atoms with Gasteiger partial charge in [0.05, 0.1) is 0 Å². The van der Waals surface area contributed by atoms with Crippen LogP contribution in [0.3, 0.4) is 0 Å². The highest BCUT2D eigenvalue weighted by atomic mass is 16.3. The summed E-state index contributed by atoms with van der Waals surface area (Å²) >= 11 is 0. The Hall–Kier alpha value is -1.15. The van der Waals surface area contributed by atoms with Crippen molar-refractivity contribution in [3.8, 4) is 0 Å². The molecule has 0 aliphatic heterocycles. The first-order chi connectivity index (χ1) is 6.66. The Labute approximate surface area is 84.6 Å². The van der Waals surface area contributed by atoms with Crippen LogP contribution in [0.25, 0.3) is 0 Å². The molecule has 0 saturated heterocycles. The summed E-state index contributed by atoms with van der Waals surface area (Å²) in [5.41, 5.74) is 0.584. The maximum absolute atomic E-state index is 11.7. The average Bonchev–Trinajstić information content (AvgIpc) is 2.27. The predicted octanol–water partition coefficient (Wildman–Crippen LogP) is 2.28. The van der Waals surface area contributed by atoms with Crippen molar-refractivity contribution in [3.05, 3.63) is 35.9 Å². The molecule has 0 heterocycles. The van der Waals surface area contributed by atoms with E-state index in [4.69, 9.17) is 0 Å². The number of carbonyl (C=O) groups is 1. The highest BCUT2D eigenvalue weighted by Gasteiger charge is 2.21. The van der Waals surface area contributed by atoms with Gasteiger partial charge in [0.25, 0.3) is 0 Å². The molecule has 0 amide bonds. The summed E-state index contributed by atoms with van der Waals surface area (Å²) in [6, 6.07) is 8.92. The van der Waals surface area contributed by atoms with E-state index in [-0.39, 0.29) is 11.7 Å². The molecule has 1 rings (SSSR count). The van der Waals surface area contributed by atoms with Gasteiger partial charge in [0.1, 0.15) is 6.10 Å². The Bertz CT molecular complexity index is 292. The smallest absolute Gasteiger partial charge is 0.191 e. The Balaban J connectivity index is 2.76. The molecule has 0 unspecified atom stereocenters. The maximum Gasteiger partial charge on any atom is 0.191 e. The molecule has 0 saturated carbocycles. The van der Waals surface area contributed by atoms with Crippen molar-refractivity contribution in [2.24, 2.45) is 5.92 Å². The van der Waals surface area contributed by atoms with Gasteiger partial charge >= 0.3 is 0 Å². The molecular formula is C12H16O2. The quantitative estimate of drug-likeness (QED) is 0.743. The van der Waals surface area contributed by atoms with Crippen LogP contribution in [0, 0.1) is 5.92 Å². The first kappa shape index (κ1) is 10.9. The Kier molecular flexibility index (Phi) is 3.84. The number of ketones is 1. The van der Waals surface area contributed by atoms with Crippen molar-refractivity contribution in [2.45, 2.75) is 26.4 Å². The normalized spacial score (nSPS) is 14.8. The van der Waals surface area contributed by atoms with Gasteiger partial charge in [-0.25, -0.2) is 0 Å². The maximum atomic E-state index is 11.7. The molecule has 2 heteroatoms. The zero-order chi connectivity index (χ0) is 10.6. The largest absolute Gasteiger partial charge is 0.385 e. The molecular weight excluding hydrogens is 176 g/mol. The van der Waals surface area contributed by atoms with Gasteiger partial charge in [0.15, 0.2) is 5.78 Å². The molecule has 0 aliphatic carbocycles. The Morgan fingerprint density at radius 3 is 2.43 bits per heavy atom. The Morgan fingerprint density at radius 2 is 1.93 bits per heavy atom. The summed E-state index contributed by atoms with van der Waals surface area (Å²) in [4.78, 5) is 11.7. The van der Waals surface area contributed by atoms with Gasteiger partial charge in [-0.2, -0.15) is 0 Å². The van der Waals surface area contributed by atoms with E-state index in [1.807, 2.05) is 19.9 Å². The van der Waals surface area contributed by atoms with Gasteiger partial charge in [0.2, 0.25) is 0 Å². The summed E-state index contributed by atoms with van der Waals surface area (Å²) in [6.07, 6.45) is -0.0675. The SMILES string of the molecule is CC[C@H](C)[C@H](O)C(=O)c1ccccc1. The van der Waals surface area contributed by atoms with Crippen LogP contribution in [0.1, 0.15) is 30.6 Å². The minimum atomic E-state index is -0.873. The fourth-order valence-electron chi connectivity index (χ4n) is 1.25. The third-order valence-corrected chi connectivity index (χ3v) is 2.51. The summed E-state index contributed by atoms with van der Waals surface area (Å²) < 4.78 is 0. The molecule has 1 aromatic rings. The standard InChI is InChI=1S/C12H16O2/c1-3-9(2)11(13)12(14)10-7-5-4-6-8-10/h4-9,11,13H,3H2,1-2H3/t9-,11-/m0/s1. The summed E-state index contributed by atoms with van der Waals surface area (Å²) in [5.74, 6) is -0.164. The molecule has 0 aromatic heterocycles. The molecule has 2 atom stereocenters. The van der Waals surface area contributed by atoms with E-state index >= 15 is 0 Å². The lowest BCUT2D eigenvalue weighted by Gasteiger charge is -2.15. The number of benzene rings is 1. The first-order valence-electron chi connectivity index (χ1n) is 4.94.